The average molecular weight is 293 g/mol. The smallest absolute Gasteiger partial charge is 0.255 e. The lowest BCUT2D eigenvalue weighted by atomic mass is 9.97. The van der Waals surface area contributed by atoms with Gasteiger partial charge in [-0.2, -0.15) is 0 Å². The summed E-state index contributed by atoms with van der Waals surface area (Å²) in [7, 11) is 3.10. The van der Waals surface area contributed by atoms with E-state index in [2.05, 4.69) is 5.32 Å². The van der Waals surface area contributed by atoms with Crippen LogP contribution in [-0.4, -0.2) is 38.4 Å². The van der Waals surface area contributed by atoms with Gasteiger partial charge in [-0.05, 0) is 42.9 Å². The second-order valence-electron chi connectivity index (χ2n) is 5.41. The molecule has 1 aromatic carbocycles. The number of rotatable bonds is 6. The first-order chi connectivity index (χ1) is 10.2. The number of ether oxygens (including phenoxy) is 2. The molecule has 1 aromatic rings. The summed E-state index contributed by atoms with van der Waals surface area (Å²) >= 11 is 0. The minimum atomic E-state index is -0.172. The third kappa shape index (κ3) is 3.67. The molecule has 1 fully saturated rings. The van der Waals surface area contributed by atoms with E-state index in [1.54, 1.807) is 25.3 Å². The molecule has 0 heterocycles. The number of carbonyl (C=O) groups is 1. The van der Waals surface area contributed by atoms with E-state index >= 15 is 0 Å². The highest BCUT2D eigenvalue weighted by Crippen LogP contribution is 2.31. The van der Waals surface area contributed by atoms with Gasteiger partial charge in [-0.1, -0.05) is 6.42 Å². The highest BCUT2D eigenvalue weighted by Gasteiger charge is 2.27. The van der Waals surface area contributed by atoms with Crippen LogP contribution in [0, 0.1) is 11.8 Å². The van der Waals surface area contributed by atoms with Gasteiger partial charge in [0.1, 0.15) is 11.5 Å². The fourth-order valence-corrected chi connectivity index (χ4v) is 2.93. The Bertz CT molecular complexity index is 489. The summed E-state index contributed by atoms with van der Waals surface area (Å²) in [6, 6.07) is 5.15. The van der Waals surface area contributed by atoms with Crippen LogP contribution in [0.15, 0.2) is 18.2 Å². The number of carbonyl (C=O) groups excluding carboxylic acids is 1. The molecule has 1 aliphatic carbocycles. The molecular formula is C16H23NO4. The molecule has 2 rings (SSSR count). The molecule has 0 bridgehead atoms. The lowest BCUT2D eigenvalue weighted by Gasteiger charge is -2.18. The van der Waals surface area contributed by atoms with Crippen LogP contribution in [-0.2, 0) is 0 Å². The van der Waals surface area contributed by atoms with Gasteiger partial charge in [0.25, 0.3) is 5.91 Å². The van der Waals surface area contributed by atoms with Crippen LogP contribution in [0.1, 0.15) is 29.6 Å². The van der Waals surface area contributed by atoms with Crippen LogP contribution < -0.4 is 14.8 Å². The van der Waals surface area contributed by atoms with Crippen molar-refractivity contribution in [2.75, 3.05) is 27.4 Å². The van der Waals surface area contributed by atoms with Crippen LogP contribution in [0.5, 0.6) is 11.5 Å². The zero-order valence-corrected chi connectivity index (χ0v) is 12.6. The van der Waals surface area contributed by atoms with E-state index in [9.17, 15) is 9.90 Å². The molecule has 0 radical (unpaired) electrons. The molecule has 5 nitrogen and oxygen atoms in total. The number of hydrogen-bond donors (Lipinski definition) is 2. The summed E-state index contributed by atoms with van der Waals surface area (Å²) < 4.78 is 10.4. The minimum absolute atomic E-state index is 0.172. The van der Waals surface area contributed by atoms with Crippen molar-refractivity contribution in [1.82, 2.24) is 5.32 Å². The quantitative estimate of drug-likeness (QED) is 0.840. The van der Waals surface area contributed by atoms with Gasteiger partial charge in [0, 0.05) is 13.2 Å². The first kappa shape index (κ1) is 15.6. The highest BCUT2D eigenvalue weighted by molar-refractivity contribution is 5.97. The molecule has 2 N–H and O–H groups in total. The lowest BCUT2D eigenvalue weighted by Crippen LogP contribution is -2.31. The topological polar surface area (TPSA) is 67.8 Å². The van der Waals surface area contributed by atoms with Crippen molar-refractivity contribution in [3.05, 3.63) is 23.8 Å². The van der Waals surface area contributed by atoms with E-state index in [4.69, 9.17) is 9.47 Å². The molecule has 0 spiro atoms. The summed E-state index contributed by atoms with van der Waals surface area (Å²) in [5, 5.41) is 12.3. The number of methoxy groups -OCH3 is 2. The number of hydrogen-bond acceptors (Lipinski definition) is 4. The van der Waals surface area contributed by atoms with Crippen molar-refractivity contribution in [3.63, 3.8) is 0 Å². The first-order valence-corrected chi connectivity index (χ1v) is 7.30. The van der Waals surface area contributed by atoms with Crippen LogP contribution in [0.2, 0.25) is 0 Å². The molecule has 2 unspecified atom stereocenters. The van der Waals surface area contributed by atoms with E-state index in [1.807, 2.05) is 0 Å². The minimum Gasteiger partial charge on any atom is -0.497 e. The number of nitrogens with one attached hydrogen (secondary N) is 1. The van der Waals surface area contributed by atoms with E-state index in [1.165, 1.54) is 7.11 Å². The second-order valence-corrected chi connectivity index (χ2v) is 5.41. The van der Waals surface area contributed by atoms with E-state index in [0.29, 0.717) is 35.4 Å². The van der Waals surface area contributed by atoms with Gasteiger partial charge >= 0.3 is 0 Å². The average Bonchev–Trinajstić information content (AvgIpc) is 2.99. The zero-order valence-electron chi connectivity index (χ0n) is 12.6. The zero-order chi connectivity index (χ0) is 15.2. The molecule has 116 valence electrons. The van der Waals surface area contributed by atoms with Gasteiger partial charge in [-0.25, -0.2) is 0 Å². The Morgan fingerprint density at radius 1 is 1.29 bits per heavy atom. The third-order valence-corrected chi connectivity index (χ3v) is 4.23. The number of aliphatic hydroxyl groups is 1. The molecule has 21 heavy (non-hydrogen) atoms. The Morgan fingerprint density at radius 2 is 2.05 bits per heavy atom. The van der Waals surface area contributed by atoms with Crippen molar-refractivity contribution in [2.45, 2.75) is 19.3 Å². The SMILES string of the molecule is COc1ccc(OC)c(C(=O)NCC2CCCC2CO)c1. The van der Waals surface area contributed by atoms with Gasteiger partial charge in [-0.15, -0.1) is 0 Å². The van der Waals surface area contributed by atoms with Crippen molar-refractivity contribution < 1.29 is 19.4 Å². The van der Waals surface area contributed by atoms with Crippen molar-refractivity contribution in [1.29, 1.82) is 0 Å². The van der Waals surface area contributed by atoms with E-state index in [0.717, 1.165) is 19.3 Å². The molecule has 0 aromatic heterocycles. The van der Waals surface area contributed by atoms with Gasteiger partial charge in [0.2, 0.25) is 0 Å². The molecule has 2 atom stereocenters. The maximum atomic E-state index is 12.3. The second kappa shape index (κ2) is 7.31. The monoisotopic (exact) mass is 293 g/mol. The fourth-order valence-electron chi connectivity index (χ4n) is 2.93. The molecule has 1 amide bonds. The summed E-state index contributed by atoms with van der Waals surface area (Å²) in [5.74, 6) is 1.64. The van der Waals surface area contributed by atoms with Crippen LogP contribution in [0.25, 0.3) is 0 Å². The summed E-state index contributed by atoms with van der Waals surface area (Å²) in [4.78, 5) is 12.3. The summed E-state index contributed by atoms with van der Waals surface area (Å²) in [6.07, 6.45) is 3.22. The van der Waals surface area contributed by atoms with Crippen LogP contribution in [0.4, 0.5) is 0 Å². The molecular weight excluding hydrogens is 270 g/mol. The summed E-state index contributed by atoms with van der Waals surface area (Å²) in [6.45, 7) is 0.785. The molecule has 0 saturated heterocycles. The lowest BCUT2D eigenvalue weighted by molar-refractivity contribution is 0.0934. The molecule has 1 aliphatic rings. The van der Waals surface area contributed by atoms with E-state index < -0.39 is 0 Å². The van der Waals surface area contributed by atoms with Crippen molar-refractivity contribution >= 4 is 5.91 Å². The Hall–Kier alpha value is -1.75. The van der Waals surface area contributed by atoms with Crippen molar-refractivity contribution in [3.8, 4) is 11.5 Å². The predicted octanol–water partition coefficient (Wildman–Crippen LogP) is 1.84. The predicted molar refractivity (Wildman–Crippen MR) is 79.8 cm³/mol. The Kier molecular flexibility index (Phi) is 5.44. The number of aliphatic hydroxyl groups excluding tert-OH is 1. The maximum absolute atomic E-state index is 12.3. The molecule has 0 aliphatic heterocycles. The Labute approximate surface area is 125 Å². The largest absolute Gasteiger partial charge is 0.497 e. The normalized spacial score (nSPS) is 21.1. The number of benzene rings is 1. The van der Waals surface area contributed by atoms with Gasteiger partial charge in [0.15, 0.2) is 0 Å². The molecule has 1 saturated carbocycles. The van der Waals surface area contributed by atoms with Crippen LogP contribution >= 0.6 is 0 Å². The summed E-state index contributed by atoms with van der Waals surface area (Å²) in [5.41, 5.74) is 0.468. The Balaban J connectivity index is 2.02. The Morgan fingerprint density at radius 3 is 2.71 bits per heavy atom. The van der Waals surface area contributed by atoms with Gasteiger partial charge in [-0.3, -0.25) is 4.79 Å². The maximum Gasteiger partial charge on any atom is 0.255 e. The van der Waals surface area contributed by atoms with Gasteiger partial charge < -0.3 is 19.9 Å². The number of amides is 1. The highest BCUT2D eigenvalue weighted by atomic mass is 16.5. The van der Waals surface area contributed by atoms with Gasteiger partial charge in [0.05, 0.1) is 19.8 Å². The fraction of sp³-hybridized carbons (Fsp3) is 0.562. The van der Waals surface area contributed by atoms with E-state index in [-0.39, 0.29) is 12.5 Å². The standard InChI is InChI=1S/C16H23NO4/c1-20-13-6-7-15(21-2)14(8-13)16(19)17-9-11-4-3-5-12(11)10-18/h6-8,11-12,18H,3-5,9-10H2,1-2H3,(H,17,19). The van der Waals surface area contributed by atoms with Crippen LogP contribution in [0.3, 0.4) is 0 Å². The van der Waals surface area contributed by atoms with Crippen molar-refractivity contribution in [2.24, 2.45) is 11.8 Å². The first-order valence-electron chi connectivity index (χ1n) is 7.30. The third-order valence-electron chi connectivity index (χ3n) is 4.23. The molecule has 5 heteroatoms.